The summed E-state index contributed by atoms with van der Waals surface area (Å²) in [5.41, 5.74) is 3.72. The zero-order valence-corrected chi connectivity index (χ0v) is 10.4. The molecule has 0 radical (unpaired) electrons. The van der Waals surface area contributed by atoms with E-state index in [1.54, 1.807) is 17.6 Å². The highest BCUT2D eigenvalue weighted by Crippen LogP contribution is 2.10. The number of carbonyl (C=O) groups is 1. The number of nitrogens with one attached hydrogen (secondary N) is 1. The summed E-state index contributed by atoms with van der Waals surface area (Å²) < 4.78 is 5.25. The zero-order chi connectivity index (χ0) is 13.1. The Kier molecular flexibility index (Phi) is 3.66. The molecular formula is C12H17N3O3. The standard InChI is InChI=1S/C12H17N3O3/c1-7(2)11(12(16)17)13-10-6-8(14-15-10)9-4-3-5-18-9/h3-5,7,10-11,13,15H,6H2,1-2H3,(H,16,17)/t10-,11-/m0/s1. The van der Waals surface area contributed by atoms with E-state index in [2.05, 4.69) is 10.5 Å². The van der Waals surface area contributed by atoms with Gasteiger partial charge in [-0.05, 0) is 12.1 Å². The number of carbonyl (C=O) groups excluding carboxylic acids is 1. The number of furan rings is 1. The van der Waals surface area contributed by atoms with Gasteiger partial charge in [-0.2, -0.15) is 5.10 Å². The Balaban J connectivity index is 1.93. The third kappa shape index (κ3) is 2.70. The van der Waals surface area contributed by atoms with Gasteiger partial charge in [-0.15, -0.1) is 0 Å². The van der Waals surface area contributed by atoms with Crippen LogP contribution >= 0.6 is 0 Å². The Bertz CT molecular complexity index is 439. The molecule has 0 aromatic carbocycles. The van der Waals surface area contributed by atoms with E-state index >= 15 is 0 Å². The molecule has 6 nitrogen and oxygen atoms in total. The van der Waals surface area contributed by atoms with Gasteiger partial charge in [0.15, 0.2) is 6.17 Å². The molecule has 18 heavy (non-hydrogen) atoms. The molecule has 3 N–H and O–H groups in total. The van der Waals surface area contributed by atoms with Crippen molar-refractivity contribution >= 4 is 11.7 Å². The number of nitrogens with two attached hydrogens (primary N) is 1. The van der Waals surface area contributed by atoms with E-state index in [-0.39, 0.29) is 12.1 Å². The molecule has 6 heteroatoms. The van der Waals surface area contributed by atoms with Gasteiger partial charge in [0.25, 0.3) is 0 Å². The van der Waals surface area contributed by atoms with Crippen LogP contribution in [0, 0.1) is 5.92 Å². The fraction of sp³-hybridized carbons (Fsp3) is 0.500. The minimum Gasteiger partial charge on any atom is -0.544 e. The number of carboxylic acid groups (broad SMARTS) is 1. The highest BCUT2D eigenvalue weighted by Gasteiger charge is 2.28. The number of quaternary nitrogens is 1. The van der Waals surface area contributed by atoms with Gasteiger partial charge in [0, 0.05) is 5.92 Å². The van der Waals surface area contributed by atoms with Crippen molar-refractivity contribution in [1.29, 1.82) is 0 Å². The average molecular weight is 251 g/mol. The predicted octanol–water partition coefficient (Wildman–Crippen LogP) is -1.36. The van der Waals surface area contributed by atoms with Crippen LogP contribution in [0.4, 0.5) is 0 Å². The predicted molar refractivity (Wildman–Crippen MR) is 62.3 cm³/mol. The minimum absolute atomic E-state index is 0.00413. The first kappa shape index (κ1) is 12.6. The van der Waals surface area contributed by atoms with E-state index in [0.29, 0.717) is 12.2 Å². The van der Waals surface area contributed by atoms with E-state index in [9.17, 15) is 9.90 Å². The Morgan fingerprint density at radius 3 is 3.00 bits per heavy atom. The van der Waals surface area contributed by atoms with Crippen molar-refractivity contribution in [3.05, 3.63) is 24.2 Å². The normalized spacial score (nSPS) is 20.6. The molecule has 1 aromatic heterocycles. The first-order chi connectivity index (χ1) is 8.58. The smallest absolute Gasteiger partial charge is 0.180 e. The summed E-state index contributed by atoms with van der Waals surface area (Å²) in [6, 6.07) is 3.06. The lowest BCUT2D eigenvalue weighted by molar-refractivity contribution is -0.723. The fourth-order valence-corrected chi connectivity index (χ4v) is 1.99. The molecule has 1 aromatic rings. The molecule has 0 unspecified atom stereocenters. The van der Waals surface area contributed by atoms with Crippen molar-refractivity contribution in [3.63, 3.8) is 0 Å². The van der Waals surface area contributed by atoms with Crippen molar-refractivity contribution in [2.75, 3.05) is 0 Å². The summed E-state index contributed by atoms with van der Waals surface area (Å²) >= 11 is 0. The number of aliphatic carboxylic acids is 1. The number of hydrogen-bond donors (Lipinski definition) is 2. The highest BCUT2D eigenvalue weighted by atomic mass is 16.4. The number of hydrogen-bond acceptors (Lipinski definition) is 5. The number of rotatable bonds is 5. The third-order valence-corrected chi connectivity index (χ3v) is 3.01. The van der Waals surface area contributed by atoms with Crippen molar-refractivity contribution < 1.29 is 19.6 Å². The van der Waals surface area contributed by atoms with Crippen molar-refractivity contribution in [1.82, 2.24) is 5.43 Å². The number of nitrogens with zero attached hydrogens (tertiary/aromatic N) is 1. The van der Waals surface area contributed by atoms with Crippen molar-refractivity contribution in [2.24, 2.45) is 11.0 Å². The summed E-state index contributed by atoms with van der Waals surface area (Å²) in [7, 11) is 0. The lowest BCUT2D eigenvalue weighted by atomic mass is 10.0. The maximum atomic E-state index is 11.0. The topological polar surface area (TPSA) is 94.3 Å². The molecule has 1 aliphatic rings. The van der Waals surface area contributed by atoms with Crippen LogP contribution in [0.3, 0.4) is 0 Å². The molecular weight excluding hydrogens is 234 g/mol. The van der Waals surface area contributed by atoms with Gasteiger partial charge in [-0.1, -0.05) is 13.8 Å². The molecule has 0 amide bonds. The quantitative estimate of drug-likeness (QED) is 0.676. The molecule has 2 rings (SSSR count). The maximum Gasteiger partial charge on any atom is 0.180 e. The van der Waals surface area contributed by atoms with Gasteiger partial charge >= 0.3 is 0 Å². The maximum absolute atomic E-state index is 11.0. The second-order valence-electron chi connectivity index (χ2n) is 4.76. The average Bonchev–Trinajstić information content (AvgIpc) is 2.95. The zero-order valence-electron chi connectivity index (χ0n) is 10.4. The van der Waals surface area contributed by atoms with Gasteiger partial charge in [0.2, 0.25) is 0 Å². The van der Waals surface area contributed by atoms with Gasteiger partial charge in [0.1, 0.15) is 17.5 Å². The fourth-order valence-electron chi connectivity index (χ4n) is 1.99. The van der Waals surface area contributed by atoms with E-state index < -0.39 is 12.0 Å². The SMILES string of the molecule is CC(C)[C@H]([NH2+][C@@H]1CC(c2ccco2)=NN1)C(=O)[O-]. The molecule has 0 bridgehead atoms. The second-order valence-corrected chi connectivity index (χ2v) is 4.76. The summed E-state index contributed by atoms with van der Waals surface area (Å²) in [5.74, 6) is -0.323. The molecule has 2 atom stereocenters. The van der Waals surface area contributed by atoms with E-state index in [4.69, 9.17) is 4.42 Å². The van der Waals surface area contributed by atoms with Crippen LogP contribution in [0.25, 0.3) is 0 Å². The molecule has 98 valence electrons. The van der Waals surface area contributed by atoms with Crippen LogP contribution in [-0.2, 0) is 4.79 Å². The molecule has 2 heterocycles. The van der Waals surface area contributed by atoms with E-state index in [1.165, 1.54) is 0 Å². The van der Waals surface area contributed by atoms with Crippen LogP contribution in [0.15, 0.2) is 27.9 Å². The van der Waals surface area contributed by atoms with Gasteiger partial charge in [0.05, 0.1) is 18.7 Å². The Morgan fingerprint density at radius 2 is 2.44 bits per heavy atom. The number of carboxylic acids is 1. The van der Waals surface area contributed by atoms with Gasteiger partial charge in [-0.25, -0.2) is 0 Å². The van der Waals surface area contributed by atoms with Crippen LogP contribution in [0.2, 0.25) is 0 Å². The molecule has 0 spiro atoms. The van der Waals surface area contributed by atoms with E-state index in [1.807, 2.05) is 19.9 Å². The van der Waals surface area contributed by atoms with Crippen LogP contribution in [-0.4, -0.2) is 23.9 Å². The van der Waals surface area contributed by atoms with Gasteiger partial charge in [-0.3, -0.25) is 5.43 Å². The molecule has 0 saturated heterocycles. The highest BCUT2D eigenvalue weighted by molar-refractivity contribution is 5.99. The monoisotopic (exact) mass is 251 g/mol. The first-order valence-corrected chi connectivity index (χ1v) is 5.99. The second kappa shape index (κ2) is 5.22. The Morgan fingerprint density at radius 1 is 1.67 bits per heavy atom. The lowest BCUT2D eigenvalue weighted by Gasteiger charge is -2.23. The number of hydrazone groups is 1. The van der Waals surface area contributed by atoms with Crippen molar-refractivity contribution in [3.8, 4) is 0 Å². The largest absolute Gasteiger partial charge is 0.544 e. The van der Waals surface area contributed by atoms with E-state index in [0.717, 1.165) is 5.71 Å². The van der Waals surface area contributed by atoms with Crippen molar-refractivity contribution in [2.45, 2.75) is 32.5 Å². The Labute approximate surface area is 105 Å². The summed E-state index contributed by atoms with van der Waals surface area (Å²) in [6.07, 6.45) is 2.13. The minimum atomic E-state index is -1.04. The molecule has 1 aliphatic heterocycles. The summed E-state index contributed by atoms with van der Waals surface area (Å²) in [6.45, 7) is 3.72. The third-order valence-electron chi connectivity index (χ3n) is 3.01. The van der Waals surface area contributed by atoms with Crippen LogP contribution in [0.5, 0.6) is 0 Å². The van der Waals surface area contributed by atoms with Gasteiger partial charge < -0.3 is 19.6 Å². The summed E-state index contributed by atoms with van der Waals surface area (Å²) in [4.78, 5) is 11.0. The molecule has 0 aliphatic carbocycles. The summed E-state index contributed by atoms with van der Waals surface area (Å²) in [5, 5.41) is 16.9. The molecule has 0 saturated carbocycles. The molecule has 0 fully saturated rings. The lowest BCUT2D eigenvalue weighted by Crippen LogP contribution is -3.00. The van der Waals surface area contributed by atoms with Crippen LogP contribution < -0.4 is 15.8 Å². The van der Waals surface area contributed by atoms with Crippen LogP contribution in [0.1, 0.15) is 26.0 Å². The Hall–Kier alpha value is -1.82. The first-order valence-electron chi connectivity index (χ1n) is 5.99.